The van der Waals surface area contributed by atoms with Gasteiger partial charge in [-0.05, 0) is 151 Å². The molecule has 0 saturated carbocycles. The molecule has 9 aromatic carbocycles. The molecule has 12 aromatic rings. The van der Waals surface area contributed by atoms with Crippen LogP contribution < -0.4 is 0 Å². The van der Waals surface area contributed by atoms with Crippen molar-refractivity contribution >= 4 is 0 Å². The summed E-state index contributed by atoms with van der Waals surface area (Å²) in [6.45, 7) is 48.2. The maximum absolute atomic E-state index is 9.31. The molecule has 0 amide bonds. The van der Waals surface area contributed by atoms with Crippen molar-refractivity contribution in [3.05, 3.63) is 320 Å². The van der Waals surface area contributed by atoms with Gasteiger partial charge < -0.3 is 45.6 Å². The van der Waals surface area contributed by atoms with Gasteiger partial charge in [-0.3, -0.25) is 15.0 Å². The van der Waals surface area contributed by atoms with Gasteiger partial charge in [0.25, 0.3) is 0 Å². The van der Waals surface area contributed by atoms with Crippen molar-refractivity contribution < 1.29 is 91.0 Å². The van der Waals surface area contributed by atoms with Crippen molar-refractivity contribution in [3.8, 4) is 101 Å². The van der Waals surface area contributed by atoms with Gasteiger partial charge in [-0.15, -0.1) is 105 Å². The molecule has 12 rings (SSSR count). The molecule has 0 saturated heterocycles. The number of hydrogen-bond donors (Lipinski definition) is 6. The SMILES string of the molecule is CC(C)C(O)=CC(O)C(C)C.CC(C)C(O)=CC(O)C(C)C.CC(O)=CC(C)O.CCc1[c-]c(-c2ncc(-c3ccccc3)nc2-c2cc(CC)cc(CC)c2)cc(CC)c1.Cc1[c-]c(-c2ncc(-c3cc(C)cc(C)c3)nc2-c2cc(C)cc(C)c2)cc(C)c1.Cc1[c-]c(-c2ncc(-c3ccccc3)nc2-c2cc(C)cc(C)c2)cc(C)c1.[Ir].[Ir].[Ir]. The van der Waals surface area contributed by atoms with Crippen molar-refractivity contribution in [2.45, 2.75) is 210 Å². The summed E-state index contributed by atoms with van der Waals surface area (Å²) in [6.07, 6.45) is 12.4. The normalized spacial score (nSPS) is 11.9. The Morgan fingerprint density at radius 1 is 0.328 bits per heavy atom. The van der Waals surface area contributed by atoms with E-state index in [-0.39, 0.29) is 101 Å². The maximum Gasteiger partial charge on any atom is 0.0933 e. The number of nitrogens with zero attached hydrogens (tertiary/aromatic N) is 6. The van der Waals surface area contributed by atoms with Crippen LogP contribution in [0.5, 0.6) is 0 Å². The zero-order valence-electron chi connectivity index (χ0n) is 75.9. The Labute approximate surface area is 770 Å². The molecule has 15 heteroatoms. The molecule has 3 atom stereocenters. The molecule has 651 valence electrons. The molecule has 0 aliphatic heterocycles. The van der Waals surface area contributed by atoms with Crippen LogP contribution >= 0.6 is 0 Å². The summed E-state index contributed by atoms with van der Waals surface area (Å²) in [6, 6.07) is 70.5. The largest absolute Gasteiger partial charge is 0.513 e. The zero-order chi connectivity index (χ0) is 87.5. The van der Waals surface area contributed by atoms with E-state index < -0.39 is 18.3 Å². The smallest absolute Gasteiger partial charge is 0.0933 e. The van der Waals surface area contributed by atoms with E-state index in [1.54, 1.807) is 6.92 Å². The Bertz CT molecular complexity index is 5240. The molecule has 0 bridgehead atoms. The Morgan fingerprint density at radius 3 is 0.918 bits per heavy atom. The fourth-order valence-electron chi connectivity index (χ4n) is 13.4. The molecule has 6 N–H and O–H groups in total. The maximum atomic E-state index is 9.31. The van der Waals surface area contributed by atoms with E-state index in [0.717, 1.165) is 138 Å². The van der Waals surface area contributed by atoms with Gasteiger partial charge in [-0.2, -0.15) is 0 Å². The van der Waals surface area contributed by atoms with Gasteiger partial charge in [-0.1, -0.05) is 265 Å². The summed E-state index contributed by atoms with van der Waals surface area (Å²) < 4.78 is 0. The Kier molecular flexibility index (Phi) is 43.9. The number of rotatable bonds is 20. The van der Waals surface area contributed by atoms with E-state index in [1.165, 1.54) is 91.9 Å². The van der Waals surface area contributed by atoms with E-state index in [4.69, 9.17) is 40.1 Å². The van der Waals surface area contributed by atoms with E-state index in [0.29, 0.717) is 0 Å². The molecule has 0 aliphatic carbocycles. The standard InChI is InChI=1S/C30H31N2.C28H27N2.C26H23N2.2C9H18O2.C5H10O2.3Ir/c1-5-21-14-22(6-2)17-26(16-21)29-30(27-18-23(7-3)15-24(8-4)19-27)32-28(20-31-29)25-12-10-9-11-13-25;1-17-7-18(2)11-23(10-17)26-16-29-27(24-12-19(3)8-20(4)13-24)28(30-26)25-14-21(5)9-22(6)15-25;1-17-10-18(2)13-22(12-17)25-26(23-14-19(3)11-20(4)15-23)28-24(16-27-25)21-8-6-5-7-9-21;2*1-6(2)8(10)5-9(11)7(3)4;1-4(6)3-5(2)7;;;/h9-16,18-20H,5-8H2,1-4H3;7-12,14-16H,1-6H3;5-12,14-16H,1-4H3;2*5-8,10-11H,1-4H3;3-4,6-7H,1-2H3;;;/q3*-1;;;;;;. The molecule has 0 aliphatic rings. The number of aliphatic hydroxyl groups is 6. The van der Waals surface area contributed by atoms with Crippen molar-refractivity contribution in [1.29, 1.82) is 0 Å². The Balaban J connectivity index is 0.000000327. The first-order valence-corrected chi connectivity index (χ1v) is 41.9. The second kappa shape index (κ2) is 51.1. The third kappa shape index (κ3) is 32.7. The molecule has 12 nitrogen and oxygen atoms in total. The van der Waals surface area contributed by atoms with Gasteiger partial charge in [0.15, 0.2) is 0 Å². The summed E-state index contributed by atoms with van der Waals surface area (Å²) >= 11 is 0. The molecule has 0 fully saturated rings. The van der Waals surface area contributed by atoms with Gasteiger partial charge in [-0.25, -0.2) is 0 Å². The van der Waals surface area contributed by atoms with Crippen LogP contribution in [0.25, 0.3) is 101 Å². The summed E-state index contributed by atoms with van der Waals surface area (Å²) in [5, 5.41) is 54.0. The fourth-order valence-corrected chi connectivity index (χ4v) is 13.4. The van der Waals surface area contributed by atoms with Gasteiger partial charge in [0.1, 0.15) is 0 Å². The predicted molar refractivity (Wildman–Crippen MR) is 497 cm³/mol. The van der Waals surface area contributed by atoms with E-state index >= 15 is 0 Å². The van der Waals surface area contributed by atoms with Crippen LogP contribution in [0.3, 0.4) is 0 Å². The minimum atomic E-state index is -0.537. The molecule has 3 unspecified atom stereocenters. The predicted octanol–water partition coefficient (Wildman–Crippen LogP) is 26.2. The van der Waals surface area contributed by atoms with Crippen molar-refractivity contribution in [2.24, 2.45) is 23.7 Å². The zero-order valence-corrected chi connectivity index (χ0v) is 83.1. The second-order valence-corrected chi connectivity index (χ2v) is 32.6. The number of hydrogen-bond acceptors (Lipinski definition) is 12. The first-order valence-electron chi connectivity index (χ1n) is 41.9. The second-order valence-electron chi connectivity index (χ2n) is 32.6. The number of allylic oxidation sites excluding steroid dienone is 3. The van der Waals surface area contributed by atoms with Gasteiger partial charge >= 0.3 is 0 Å². The molecular formula is C107H127Ir3N6O6-3. The Hall–Kier alpha value is -9.33. The van der Waals surface area contributed by atoms with Crippen LogP contribution in [0.4, 0.5) is 0 Å². The van der Waals surface area contributed by atoms with Crippen LogP contribution in [0.1, 0.15) is 175 Å². The van der Waals surface area contributed by atoms with Gasteiger partial charge in [0, 0.05) is 125 Å². The first kappa shape index (κ1) is 105. The van der Waals surface area contributed by atoms with E-state index in [1.807, 2.05) is 110 Å². The van der Waals surface area contributed by atoms with Crippen molar-refractivity contribution in [3.63, 3.8) is 0 Å². The van der Waals surface area contributed by atoms with Crippen LogP contribution in [-0.2, 0) is 86.0 Å². The van der Waals surface area contributed by atoms with Crippen LogP contribution in [0.15, 0.2) is 224 Å². The topological polar surface area (TPSA) is 199 Å². The fraction of sp³-hybridized carbons (Fsp3) is 0.327. The van der Waals surface area contributed by atoms with E-state index in [9.17, 15) is 20.4 Å². The molecule has 3 heterocycles. The van der Waals surface area contributed by atoms with E-state index in [2.05, 4.69) is 249 Å². The quantitative estimate of drug-likeness (QED) is 0.0312. The average molecular weight is 2170 g/mol. The summed E-state index contributed by atoms with van der Waals surface area (Å²) in [5.74, 6) is 1.23. The number of aliphatic hydroxyl groups excluding tert-OH is 6. The molecule has 122 heavy (non-hydrogen) atoms. The third-order valence-electron chi connectivity index (χ3n) is 19.7. The third-order valence-corrected chi connectivity index (χ3v) is 19.7. The first-order chi connectivity index (χ1) is 56.4. The number of aryl methyl sites for hydroxylation is 14. The Morgan fingerprint density at radius 2 is 0.631 bits per heavy atom. The van der Waals surface area contributed by atoms with Crippen molar-refractivity contribution in [1.82, 2.24) is 29.9 Å². The molecule has 0 spiro atoms. The average Bonchev–Trinajstić information content (AvgIpc) is 0.792. The monoisotopic (exact) mass is 2170 g/mol. The summed E-state index contributed by atoms with van der Waals surface area (Å²) in [4.78, 5) is 30.1. The molecule has 3 aromatic heterocycles. The van der Waals surface area contributed by atoms with Crippen molar-refractivity contribution in [2.75, 3.05) is 0 Å². The number of benzene rings is 9. The minimum Gasteiger partial charge on any atom is -0.513 e. The molecular weight excluding hydrogens is 2040 g/mol. The van der Waals surface area contributed by atoms with Crippen LogP contribution in [0, 0.1) is 111 Å². The van der Waals surface area contributed by atoms with Crippen LogP contribution in [-0.4, -0.2) is 78.9 Å². The summed E-state index contributed by atoms with van der Waals surface area (Å²) in [7, 11) is 0. The number of aromatic nitrogens is 6. The summed E-state index contributed by atoms with van der Waals surface area (Å²) in [5.41, 5.74) is 34.8. The van der Waals surface area contributed by atoms with Crippen LogP contribution in [0.2, 0.25) is 0 Å². The van der Waals surface area contributed by atoms with Gasteiger partial charge in [0.2, 0.25) is 0 Å². The molecule has 3 radical (unpaired) electrons. The minimum absolute atomic E-state index is 0. The van der Waals surface area contributed by atoms with Gasteiger partial charge in [0.05, 0.1) is 69.8 Å².